The van der Waals surface area contributed by atoms with Gasteiger partial charge in [-0.25, -0.2) is 8.42 Å². The lowest BCUT2D eigenvalue weighted by Gasteiger charge is -2.17. The summed E-state index contributed by atoms with van der Waals surface area (Å²) in [5.41, 5.74) is 2.08. The van der Waals surface area contributed by atoms with Gasteiger partial charge in [-0.05, 0) is 48.9 Å². The van der Waals surface area contributed by atoms with E-state index in [1.165, 1.54) is 14.2 Å². The van der Waals surface area contributed by atoms with E-state index in [-0.39, 0.29) is 12.5 Å². The van der Waals surface area contributed by atoms with Crippen LogP contribution in [0.25, 0.3) is 0 Å². The van der Waals surface area contributed by atoms with Gasteiger partial charge in [0.15, 0.2) is 6.61 Å². The van der Waals surface area contributed by atoms with Crippen molar-refractivity contribution in [3.05, 3.63) is 48.0 Å². The van der Waals surface area contributed by atoms with Crippen molar-refractivity contribution in [1.29, 1.82) is 0 Å². The molecule has 0 aromatic heterocycles. The van der Waals surface area contributed by atoms with Crippen molar-refractivity contribution in [2.75, 3.05) is 36.6 Å². The van der Waals surface area contributed by atoms with Crippen molar-refractivity contribution in [2.45, 2.75) is 6.92 Å². The van der Waals surface area contributed by atoms with Crippen molar-refractivity contribution in [2.24, 2.45) is 0 Å². The van der Waals surface area contributed by atoms with Gasteiger partial charge in [0.2, 0.25) is 10.0 Å². The Kier molecular flexibility index (Phi) is 6.10. The number of nitrogens with zero attached hydrogens (tertiary/aromatic N) is 1. The van der Waals surface area contributed by atoms with Crippen LogP contribution in [0, 0.1) is 6.92 Å². The van der Waals surface area contributed by atoms with E-state index in [0.717, 1.165) is 16.1 Å². The van der Waals surface area contributed by atoms with Gasteiger partial charge in [-0.15, -0.1) is 0 Å². The SMILES string of the molecule is COc1ccc(C)cc1NC(=O)COc1ccc(N(C)S(C)(=O)=O)cc1. The molecule has 0 heterocycles. The van der Waals surface area contributed by atoms with Crippen LogP contribution in [0.3, 0.4) is 0 Å². The van der Waals surface area contributed by atoms with Gasteiger partial charge in [0.05, 0.1) is 24.7 Å². The normalized spacial score (nSPS) is 10.9. The molecule has 0 unspecified atom stereocenters. The number of ether oxygens (including phenoxy) is 2. The van der Waals surface area contributed by atoms with Gasteiger partial charge in [-0.1, -0.05) is 6.07 Å². The lowest BCUT2D eigenvalue weighted by molar-refractivity contribution is -0.118. The Hall–Kier alpha value is -2.74. The summed E-state index contributed by atoms with van der Waals surface area (Å²) in [6.45, 7) is 1.74. The third-order valence-electron chi connectivity index (χ3n) is 3.70. The van der Waals surface area contributed by atoms with E-state index < -0.39 is 10.0 Å². The number of aryl methyl sites for hydroxylation is 1. The fraction of sp³-hybridized carbons (Fsp3) is 0.278. The molecule has 1 N–H and O–H groups in total. The molecule has 7 nitrogen and oxygen atoms in total. The topological polar surface area (TPSA) is 84.9 Å². The highest BCUT2D eigenvalue weighted by Crippen LogP contribution is 2.25. The Morgan fingerprint density at radius 2 is 1.81 bits per heavy atom. The van der Waals surface area contributed by atoms with Crippen LogP contribution in [0.15, 0.2) is 42.5 Å². The molecule has 0 aliphatic rings. The van der Waals surface area contributed by atoms with Crippen molar-refractivity contribution in [3.8, 4) is 11.5 Å². The van der Waals surface area contributed by atoms with E-state index in [4.69, 9.17) is 9.47 Å². The van der Waals surface area contributed by atoms with Crippen LogP contribution in [0.2, 0.25) is 0 Å². The molecule has 0 aliphatic heterocycles. The highest BCUT2D eigenvalue weighted by Gasteiger charge is 2.12. The summed E-state index contributed by atoms with van der Waals surface area (Å²) in [6, 6.07) is 11.9. The minimum atomic E-state index is -3.32. The van der Waals surface area contributed by atoms with Gasteiger partial charge in [-0.2, -0.15) is 0 Å². The quantitative estimate of drug-likeness (QED) is 0.800. The molecule has 0 atom stereocenters. The van der Waals surface area contributed by atoms with Crippen LogP contribution >= 0.6 is 0 Å². The van der Waals surface area contributed by atoms with Gasteiger partial charge in [0.1, 0.15) is 11.5 Å². The molecule has 0 spiro atoms. The zero-order valence-corrected chi connectivity index (χ0v) is 16.0. The second-order valence-corrected chi connectivity index (χ2v) is 7.78. The molecule has 0 fully saturated rings. The Morgan fingerprint density at radius 3 is 2.38 bits per heavy atom. The second-order valence-electron chi connectivity index (χ2n) is 5.76. The molecule has 26 heavy (non-hydrogen) atoms. The highest BCUT2D eigenvalue weighted by atomic mass is 32.2. The number of nitrogens with one attached hydrogen (secondary N) is 1. The zero-order valence-electron chi connectivity index (χ0n) is 15.1. The lowest BCUT2D eigenvalue weighted by Crippen LogP contribution is -2.24. The minimum absolute atomic E-state index is 0.182. The maximum atomic E-state index is 12.1. The summed E-state index contributed by atoms with van der Waals surface area (Å²) in [7, 11) is -0.323. The maximum absolute atomic E-state index is 12.1. The van der Waals surface area contributed by atoms with Crippen LogP contribution in [0.5, 0.6) is 11.5 Å². The molecular formula is C18H22N2O5S. The first-order chi connectivity index (χ1) is 12.2. The number of carbonyl (C=O) groups is 1. The van der Waals surface area contributed by atoms with Crippen molar-refractivity contribution >= 4 is 27.3 Å². The largest absolute Gasteiger partial charge is 0.495 e. The molecule has 2 rings (SSSR count). The molecule has 1 amide bonds. The van der Waals surface area contributed by atoms with Gasteiger partial charge < -0.3 is 14.8 Å². The fourth-order valence-corrected chi connectivity index (χ4v) is 2.70. The second kappa shape index (κ2) is 8.09. The lowest BCUT2D eigenvalue weighted by atomic mass is 10.2. The molecule has 0 aliphatic carbocycles. The average molecular weight is 378 g/mol. The first kappa shape index (κ1) is 19.6. The predicted molar refractivity (Wildman–Crippen MR) is 102 cm³/mol. The molecule has 0 saturated carbocycles. The number of hydrogen-bond acceptors (Lipinski definition) is 5. The van der Waals surface area contributed by atoms with Crippen LogP contribution in [0.4, 0.5) is 11.4 Å². The number of rotatable bonds is 7. The third-order valence-corrected chi connectivity index (χ3v) is 4.90. The molecule has 8 heteroatoms. The summed E-state index contributed by atoms with van der Waals surface area (Å²) >= 11 is 0. The zero-order chi connectivity index (χ0) is 19.3. The number of hydrogen-bond donors (Lipinski definition) is 1. The van der Waals surface area contributed by atoms with Crippen molar-refractivity contribution in [1.82, 2.24) is 0 Å². The van der Waals surface area contributed by atoms with Crippen LogP contribution in [0.1, 0.15) is 5.56 Å². The summed E-state index contributed by atoms with van der Waals surface area (Å²) in [5.74, 6) is 0.699. The van der Waals surface area contributed by atoms with E-state index in [1.54, 1.807) is 30.3 Å². The van der Waals surface area contributed by atoms with Crippen LogP contribution < -0.4 is 19.1 Å². The van der Waals surface area contributed by atoms with Gasteiger partial charge in [-0.3, -0.25) is 9.10 Å². The molecule has 0 bridgehead atoms. The summed E-state index contributed by atoms with van der Waals surface area (Å²) < 4.78 is 34.8. The van der Waals surface area contributed by atoms with E-state index in [0.29, 0.717) is 22.9 Å². The van der Waals surface area contributed by atoms with E-state index in [1.807, 2.05) is 19.1 Å². The maximum Gasteiger partial charge on any atom is 0.262 e. The Balaban J connectivity index is 1.97. The molecule has 0 radical (unpaired) electrons. The molecular weight excluding hydrogens is 356 g/mol. The fourth-order valence-electron chi connectivity index (χ4n) is 2.20. The third kappa shape index (κ3) is 5.13. The monoisotopic (exact) mass is 378 g/mol. The number of amides is 1. The number of sulfonamides is 1. The predicted octanol–water partition coefficient (Wildman–Crippen LogP) is 2.42. The molecule has 140 valence electrons. The Bertz CT molecular complexity index is 879. The Labute approximate surface area is 153 Å². The van der Waals surface area contributed by atoms with Crippen molar-refractivity contribution < 1.29 is 22.7 Å². The summed E-state index contributed by atoms with van der Waals surface area (Å²) in [5, 5.41) is 2.75. The summed E-state index contributed by atoms with van der Waals surface area (Å²) in [6.07, 6.45) is 1.13. The molecule has 0 saturated heterocycles. The number of carbonyl (C=O) groups excluding carboxylic acids is 1. The molecule has 2 aromatic rings. The van der Waals surface area contributed by atoms with Crippen LogP contribution in [-0.4, -0.2) is 41.3 Å². The number of anilines is 2. The average Bonchev–Trinajstić information content (AvgIpc) is 2.59. The standard InChI is InChI=1S/C18H22N2O5S/c1-13-5-10-17(24-3)16(11-13)19-18(21)12-25-15-8-6-14(7-9-15)20(2)26(4,22)23/h5-11H,12H2,1-4H3,(H,19,21). The first-order valence-electron chi connectivity index (χ1n) is 7.82. The minimum Gasteiger partial charge on any atom is -0.495 e. The first-order valence-corrected chi connectivity index (χ1v) is 9.67. The number of methoxy groups -OCH3 is 1. The van der Waals surface area contributed by atoms with Crippen LogP contribution in [-0.2, 0) is 14.8 Å². The van der Waals surface area contributed by atoms with Gasteiger partial charge >= 0.3 is 0 Å². The van der Waals surface area contributed by atoms with Gasteiger partial charge in [0.25, 0.3) is 5.91 Å². The smallest absolute Gasteiger partial charge is 0.262 e. The van der Waals surface area contributed by atoms with Gasteiger partial charge in [0, 0.05) is 7.05 Å². The van der Waals surface area contributed by atoms with Crippen molar-refractivity contribution in [3.63, 3.8) is 0 Å². The Morgan fingerprint density at radius 1 is 1.15 bits per heavy atom. The molecule has 2 aromatic carbocycles. The number of benzene rings is 2. The highest BCUT2D eigenvalue weighted by molar-refractivity contribution is 7.92. The van der Waals surface area contributed by atoms with E-state index in [2.05, 4.69) is 5.32 Å². The van der Waals surface area contributed by atoms with E-state index >= 15 is 0 Å². The summed E-state index contributed by atoms with van der Waals surface area (Å²) in [4.78, 5) is 12.1. The van der Waals surface area contributed by atoms with E-state index in [9.17, 15) is 13.2 Å².